The third-order valence-electron chi connectivity index (χ3n) is 3.02. The van der Waals surface area contributed by atoms with Crippen molar-refractivity contribution in [1.82, 2.24) is 14.9 Å². The van der Waals surface area contributed by atoms with Crippen molar-refractivity contribution in [3.05, 3.63) is 18.7 Å². The van der Waals surface area contributed by atoms with Crippen LogP contribution in [0.4, 0.5) is 0 Å². The molecule has 0 saturated carbocycles. The maximum absolute atomic E-state index is 5.74. The van der Waals surface area contributed by atoms with Crippen LogP contribution in [0.5, 0.6) is 0 Å². The van der Waals surface area contributed by atoms with Crippen LogP contribution in [0.2, 0.25) is 0 Å². The van der Waals surface area contributed by atoms with Gasteiger partial charge in [0.1, 0.15) is 0 Å². The van der Waals surface area contributed by atoms with Gasteiger partial charge in [-0.05, 0) is 31.8 Å². The lowest BCUT2D eigenvalue weighted by molar-refractivity contribution is 0.344. The molecule has 1 aromatic heterocycles. The van der Waals surface area contributed by atoms with Crippen LogP contribution in [0.25, 0.3) is 0 Å². The Morgan fingerprint density at radius 2 is 2.12 bits per heavy atom. The standard InChI is InChI=1S/C12H24N4/c1-10(2)12(6-13)7-15-11(3)8-16-5-4-14-9-16/h4-5,9-12,15H,6-8,13H2,1-3H3. The molecule has 2 atom stereocenters. The second kappa shape index (κ2) is 6.66. The zero-order valence-electron chi connectivity index (χ0n) is 10.6. The van der Waals surface area contributed by atoms with Crippen LogP contribution < -0.4 is 11.1 Å². The SMILES string of the molecule is CC(Cn1ccnc1)NCC(CN)C(C)C. The maximum Gasteiger partial charge on any atom is 0.0946 e. The number of nitrogens with zero attached hydrogens (tertiary/aromatic N) is 2. The summed E-state index contributed by atoms with van der Waals surface area (Å²) < 4.78 is 2.09. The fraction of sp³-hybridized carbons (Fsp3) is 0.750. The summed E-state index contributed by atoms with van der Waals surface area (Å²) in [4.78, 5) is 4.03. The molecule has 0 saturated heterocycles. The highest BCUT2D eigenvalue weighted by atomic mass is 15.1. The third kappa shape index (κ3) is 4.33. The zero-order chi connectivity index (χ0) is 12.0. The predicted octanol–water partition coefficient (Wildman–Crippen LogP) is 1.09. The second-order valence-corrected chi connectivity index (χ2v) is 4.81. The van der Waals surface area contributed by atoms with Gasteiger partial charge in [0.25, 0.3) is 0 Å². The molecule has 1 aromatic rings. The van der Waals surface area contributed by atoms with Crippen LogP contribution >= 0.6 is 0 Å². The highest BCUT2D eigenvalue weighted by molar-refractivity contribution is 4.77. The fourth-order valence-electron chi connectivity index (χ4n) is 1.72. The molecule has 4 nitrogen and oxygen atoms in total. The van der Waals surface area contributed by atoms with E-state index in [4.69, 9.17) is 5.73 Å². The Morgan fingerprint density at radius 1 is 1.38 bits per heavy atom. The van der Waals surface area contributed by atoms with Gasteiger partial charge in [-0.3, -0.25) is 0 Å². The molecule has 0 aromatic carbocycles. The quantitative estimate of drug-likeness (QED) is 0.729. The maximum atomic E-state index is 5.74. The summed E-state index contributed by atoms with van der Waals surface area (Å²) in [7, 11) is 0. The largest absolute Gasteiger partial charge is 0.336 e. The van der Waals surface area contributed by atoms with Gasteiger partial charge in [0.15, 0.2) is 0 Å². The molecule has 92 valence electrons. The summed E-state index contributed by atoms with van der Waals surface area (Å²) in [5.74, 6) is 1.20. The predicted molar refractivity (Wildman–Crippen MR) is 67.1 cm³/mol. The molecule has 1 rings (SSSR count). The lowest BCUT2D eigenvalue weighted by Gasteiger charge is -2.22. The van der Waals surface area contributed by atoms with Crippen molar-refractivity contribution in [1.29, 1.82) is 0 Å². The molecule has 0 fully saturated rings. The normalized spacial score (nSPS) is 15.3. The average Bonchev–Trinajstić information content (AvgIpc) is 2.70. The van der Waals surface area contributed by atoms with Gasteiger partial charge < -0.3 is 15.6 Å². The van der Waals surface area contributed by atoms with E-state index in [-0.39, 0.29) is 0 Å². The van der Waals surface area contributed by atoms with Crippen LogP contribution in [0, 0.1) is 11.8 Å². The number of hydrogen-bond donors (Lipinski definition) is 2. The van der Waals surface area contributed by atoms with E-state index in [9.17, 15) is 0 Å². The highest BCUT2D eigenvalue weighted by Crippen LogP contribution is 2.07. The van der Waals surface area contributed by atoms with Gasteiger partial charge >= 0.3 is 0 Å². The lowest BCUT2D eigenvalue weighted by Crippen LogP contribution is -2.38. The molecule has 0 amide bonds. The molecule has 3 N–H and O–H groups in total. The first-order valence-electron chi connectivity index (χ1n) is 6.02. The van der Waals surface area contributed by atoms with Crippen molar-refractivity contribution in [2.75, 3.05) is 13.1 Å². The highest BCUT2D eigenvalue weighted by Gasteiger charge is 2.12. The smallest absolute Gasteiger partial charge is 0.0946 e. The van der Waals surface area contributed by atoms with Gasteiger partial charge in [-0.25, -0.2) is 4.98 Å². The van der Waals surface area contributed by atoms with E-state index in [0.29, 0.717) is 17.9 Å². The van der Waals surface area contributed by atoms with Gasteiger partial charge in [-0.2, -0.15) is 0 Å². The van der Waals surface area contributed by atoms with E-state index in [0.717, 1.165) is 19.6 Å². The Balaban J connectivity index is 2.26. The number of aromatic nitrogens is 2. The molecular weight excluding hydrogens is 200 g/mol. The minimum Gasteiger partial charge on any atom is -0.336 e. The molecule has 0 aliphatic rings. The minimum absolute atomic E-state index is 0.446. The van der Waals surface area contributed by atoms with Crippen molar-refractivity contribution in [3.8, 4) is 0 Å². The molecule has 0 aliphatic heterocycles. The van der Waals surface area contributed by atoms with Crippen LogP contribution in [0.3, 0.4) is 0 Å². The summed E-state index contributed by atoms with van der Waals surface area (Å²) in [6.45, 7) is 9.33. The summed E-state index contributed by atoms with van der Waals surface area (Å²) in [6.07, 6.45) is 5.64. The lowest BCUT2D eigenvalue weighted by atomic mass is 9.96. The first-order valence-corrected chi connectivity index (χ1v) is 6.02. The summed E-state index contributed by atoms with van der Waals surface area (Å²) in [5.41, 5.74) is 5.74. The van der Waals surface area contributed by atoms with E-state index in [1.807, 2.05) is 18.7 Å². The van der Waals surface area contributed by atoms with Gasteiger partial charge in [-0.15, -0.1) is 0 Å². The van der Waals surface area contributed by atoms with Crippen molar-refractivity contribution in [2.24, 2.45) is 17.6 Å². The van der Waals surface area contributed by atoms with Gasteiger partial charge in [0.2, 0.25) is 0 Å². The molecule has 1 heterocycles. The number of nitrogens with two attached hydrogens (primary N) is 1. The summed E-state index contributed by atoms with van der Waals surface area (Å²) in [5, 5.41) is 3.52. The van der Waals surface area contributed by atoms with Crippen LogP contribution in [-0.4, -0.2) is 28.7 Å². The van der Waals surface area contributed by atoms with E-state index in [1.54, 1.807) is 0 Å². The Bertz CT molecular complexity index is 269. The molecule has 0 spiro atoms. The van der Waals surface area contributed by atoms with E-state index < -0.39 is 0 Å². The number of nitrogens with one attached hydrogen (secondary N) is 1. The second-order valence-electron chi connectivity index (χ2n) is 4.81. The van der Waals surface area contributed by atoms with Crippen molar-refractivity contribution in [3.63, 3.8) is 0 Å². The van der Waals surface area contributed by atoms with Crippen LogP contribution in [0.1, 0.15) is 20.8 Å². The molecule has 4 heteroatoms. The summed E-state index contributed by atoms with van der Waals surface area (Å²) in [6, 6.07) is 0.446. The number of imidazole rings is 1. The molecule has 0 bridgehead atoms. The van der Waals surface area contributed by atoms with Gasteiger partial charge in [0, 0.05) is 25.0 Å². The van der Waals surface area contributed by atoms with Crippen molar-refractivity contribution >= 4 is 0 Å². The topological polar surface area (TPSA) is 55.9 Å². The Kier molecular flexibility index (Phi) is 5.49. The Morgan fingerprint density at radius 3 is 2.62 bits per heavy atom. The first kappa shape index (κ1) is 13.2. The Hall–Kier alpha value is -0.870. The Labute approximate surface area is 98.2 Å². The fourth-order valence-corrected chi connectivity index (χ4v) is 1.72. The van der Waals surface area contributed by atoms with Gasteiger partial charge in [-0.1, -0.05) is 13.8 Å². The number of hydrogen-bond acceptors (Lipinski definition) is 3. The third-order valence-corrected chi connectivity index (χ3v) is 3.02. The molecular formula is C12H24N4. The van der Waals surface area contributed by atoms with Gasteiger partial charge in [0.05, 0.1) is 6.33 Å². The molecule has 0 radical (unpaired) electrons. The molecule has 16 heavy (non-hydrogen) atoms. The van der Waals surface area contributed by atoms with E-state index >= 15 is 0 Å². The van der Waals surface area contributed by atoms with Crippen molar-refractivity contribution in [2.45, 2.75) is 33.4 Å². The van der Waals surface area contributed by atoms with E-state index in [1.165, 1.54) is 0 Å². The minimum atomic E-state index is 0.446. The molecule has 2 unspecified atom stereocenters. The zero-order valence-corrected chi connectivity index (χ0v) is 10.6. The van der Waals surface area contributed by atoms with Crippen molar-refractivity contribution < 1.29 is 0 Å². The van der Waals surface area contributed by atoms with E-state index in [2.05, 4.69) is 35.6 Å². The monoisotopic (exact) mass is 224 g/mol. The summed E-state index contributed by atoms with van der Waals surface area (Å²) >= 11 is 0. The van der Waals surface area contributed by atoms with Crippen LogP contribution in [-0.2, 0) is 6.54 Å². The number of rotatable bonds is 7. The first-order chi connectivity index (χ1) is 7.63. The van der Waals surface area contributed by atoms with Crippen LogP contribution in [0.15, 0.2) is 18.7 Å². The molecule has 0 aliphatic carbocycles. The average molecular weight is 224 g/mol.